The Balaban J connectivity index is 2.04. The Morgan fingerprint density at radius 1 is 1.38 bits per heavy atom. The molecule has 1 aliphatic heterocycles. The Labute approximate surface area is 137 Å². The second-order valence-corrected chi connectivity index (χ2v) is 6.62. The molecule has 4 nitrogen and oxygen atoms in total. The molecule has 1 aliphatic rings. The first-order chi connectivity index (χ1) is 9.88. The molecule has 1 N–H and O–H groups in total. The third-order valence-corrected chi connectivity index (χ3v) is 5.40. The molecule has 1 saturated heterocycles. The van der Waals surface area contributed by atoms with Crippen LogP contribution < -0.4 is 0 Å². The monoisotopic (exact) mass is 373 g/mol. The number of hydrogen-bond donors (Lipinski definition) is 1. The van der Waals surface area contributed by atoms with Gasteiger partial charge in [0.1, 0.15) is 0 Å². The zero-order valence-electron chi connectivity index (χ0n) is 11.7. The number of aryl methyl sites for hydroxylation is 1. The smallest absolute Gasteiger partial charge is 0.303 e. The number of carbonyl (C=O) groups excluding carboxylic acids is 1. The fourth-order valence-electron chi connectivity index (χ4n) is 2.62. The van der Waals surface area contributed by atoms with Gasteiger partial charge in [0.05, 0.1) is 5.02 Å². The Morgan fingerprint density at radius 2 is 2.00 bits per heavy atom. The van der Waals surface area contributed by atoms with E-state index in [4.69, 9.17) is 16.7 Å². The summed E-state index contributed by atoms with van der Waals surface area (Å²) in [5, 5.41) is 9.33. The van der Waals surface area contributed by atoms with E-state index in [-0.39, 0.29) is 18.2 Å². The molecule has 0 aromatic heterocycles. The lowest BCUT2D eigenvalue weighted by molar-refractivity contribution is -0.138. The summed E-state index contributed by atoms with van der Waals surface area (Å²) in [6.07, 6.45) is 1.66. The highest BCUT2D eigenvalue weighted by molar-refractivity contribution is 9.10. The van der Waals surface area contributed by atoms with Crippen LogP contribution in [-0.2, 0) is 4.79 Å². The number of hydrogen-bond acceptors (Lipinski definition) is 2. The Morgan fingerprint density at radius 3 is 2.52 bits per heavy atom. The zero-order chi connectivity index (χ0) is 15.6. The van der Waals surface area contributed by atoms with E-state index < -0.39 is 5.97 Å². The van der Waals surface area contributed by atoms with Crippen LogP contribution in [0.25, 0.3) is 0 Å². The van der Waals surface area contributed by atoms with E-state index in [9.17, 15) is 9.59 Å². The van der Waals surface area contributed by atoms with Gasteiger partial charge in [-0.15, -0.1) is 0 Å². The molecule has 0 bridgehead atoms. The van der Waals surface area contributed by atoms with E-state index in [1.54, 1.807) is 11.0 Å². The molecule has 1 amide bonds. The van der Waals surface area contributed by atoms with Gasteiger partial charge >= 0.3 is 5.97 Å². The van der Waals surface area contributed by atoms with Crippen molar-refractivity contribution in [2.75, 3.05) is 13.1 Å². The first-order valence-electron chi connectivity index (χ1n) is 6.85. The summed E-state index contributed by atoms with van der Waals surface area (Å²) in [4.78, 5) is 25.0. The molecule has 0 radical (unpaired) electrons. The summed E-state index contributed by atoms with van der Waals surface area (Å²) in [5.74, 6) is -0.641. The Bertz CT molecular complexity index is 545. The molecule has 1 fully saturated rings. The van der Waals surface area contributed by atoms with Crippen molar-refractivity contribution in [1.29, 1.82) is 0 Å². The minimum Gasteiger partial charge on any atom is -0.481 e. The number of likely N-dealkylation sites (tertiary alicyclic amines) is 1. The number of carboxylic acids is 1. The predicted molar refractivity (Wildman–Crippen MR) is 84.8 cm³/mol. The maximum absolute atomic E-state index is 12.5. The molecule has 1 aromatic carbocycles. The largest absolute Gasteiger partial charge is 0.481 e. The van der Waals surface area contributed by atoms with E-state index in [0.29, 0.717) is 23.7 Å². The van der Waals surface area contributed by atoms with Crippen molar-refractivity contribution in [3.05, 3.63) is 32.8 Å². The van der Waals surface area contributed by atoms with Crippen LogP contribution in [0.2, 0.25) is 5.02 Å². The number of amides is 1. The van der Waals surface area contributed by atoms with Gasteiger partial charge in [-0.1, -0.05) is 11.6 Å². The summed E-state index contributed by atoms with van der Waals surface area (Å²) in [6.45, 7) is 3.10. The third kappa shape index (κ3) is 3.98. The van der Waals surface area contributed by atoms with Crippen molar-refractivity contribution in [3.63, 3.8) is 0 Å². The van der Waals surface area contributed by atoms with Crippen LogP contribution >= 0.6 is 27.5 Å². The lowest BCUT2D eigenvalue weighted by Gasteiger charge is -2.31. The van der Waals surface area contributed by atoms with Gasteiger partial charge in [-0.05, 0) is 59.3 Å². The normalized spacial score (nSPS) is 16.0. The topological polar surface area (TPSA) is 57.6 Å². The number of carbonyl (C=O) groups is 2. The van der Waals surface area contributed by atoms with Gasteiger partial charge in [-0.25, -0.2) is 0 Å². The quantitative estimate of drug-likeness (QED) is 0.877. The predicted octanol–water partition coefficient (Wildman–Crippen LogP) is 3.74. The SMILES string of the molecule is Cc1cc(C(=O)N2CCC(CC(=O)O)CC2)cc(Cl)c1Br. The van der Waals surface area contributed by atoms with Crippen molar-refractivity contribution in [2.45, 2.75) is 26.2 Å². The molecule has 21 heavy (non-hydrogen) atoms. The summed E-state index contributed by atoms with van der Waals surface area (Å²) >= 11 is 9.48. The summed E-state index contributed by atoms with van der Waals surface area (Å²) in [7, 11) is 0. The van der Waals surface area contributed by atoms with E-state index in [0.717, 1.165) is 22.9 Å². The van der Waals surface area contributed by atoms with Crippen molar-refractivity contribution in [3.8, 4) is 0 Å². The van der Waals surface area contributed by atoms with E-state index in [1.165, 1.54) is 0 Å². The van der Waals surface area contributed by atoms with Crippen molar-refractivity contribution < 1.29 is 14.7 Å². The van der Waals surface area contributed by atoms with Crippen LogP contribution in [0.1, 0.15) is 35.2 Å². The molecule has 1 heterocycles. The average Bonchev–Trinajstić information content (AvgIpc) is 2.43. The number of carboxylic acid groups (broad SMARTS) is 1. The Hall–Kier alpha value is -1.07. The average molecular weight is 375 g/mol. The molecule has 0 spiro atoms. The van der Waals surface area contributed by atoms with Crippen LogP contribution in [-0.4, -0.2) is 35.0 Å². The van der Waals surface area contributed by atoms with Crippen LogP contribution in [0.15, 0.2) is 16.6 Å². The zero-order valence-corrected chi connectivity index (χ0v) is 14.1. The minimum absolute atomic E-state index is 0.0405. The van der Waals surface area contributed by atoms with Gasteiger partial charge in [0.15, 0.2) is 0 Å². The fraction of sp³-hybridized carbons (Fsp3) is 0.467. The van der Waals surface area contributed by atoms with Gasteiger partial charge in [0.2, 0.25) is 0 Å². The maximum Gasteiger partial charge on any atom is 0.303 e. The lowest BCUT2D eigenvalue weighted by Crippen LogP contribution is -2.38. The molecule has 114 valence electrons. The van der Waals surface area contributed by atoms with Crippen LogP contribution in [0.4, 0.5) is 0 Å². The number of nitrogens with zero attached hydrogens (tertiary/aromatic N) is 1. The van der Waals surface area contributed by atoms with E-state index in [1.807, 2.05) is 13.0 Å². The first kappa shape index (κ1) is 16.3. The fourth-order valence-corrected chi connectivity index (χ4v) is 3.12. The highest BCUT2D eigenvalue weighted by Gasteiger charge is 2.25. The third-order valence-electron chi connectivity index (χ3n) is 3.82. The van der Waals surface area contributed by atoms with Gasteiger partial charge in [-0.3, -0.25) is 9.59 Å². The van der Waals surface area contributed by atoms with Gasteiger partial charge in [-0.2, -0.15) is 0 Å². The molecule has 0 aliphatic carbocycles. The molecule has 0 atom stereocenters. The lowest BCUT2D eigenvalue weighted by atomic mass is 9.93. The summed E-state index contributed by atoms with van der Waals surface area (Å²) in [6, 6.07) is 3.49. The molecule has 2 rings (SSSR count). The maximum atomic E-state index is 12.5. The van der Waals surface area contributed by atoms with Crippen LogP contribution in [0.3, 0.4) is 0 Å². The number of aliphatic carboxylic acids is 1. The van der Waals surface area contributed by atoms with Gasteiger partial charge in [0.25, 0.3) is 5.91 Å². The standard InChI is InChI=1S/C15H17BrClNO3/c1-9-6-11(8-12(17)14(9)16)15(21)18-4-2-10(3-5-18)7-13(19)20/h6,8,10H,2-5,7H2,1H3,(H,19,20). The highest BCUT2D eigenvalue weighted by Crippen LogP contribution is 2.29. The second-order valence-electron chi connectivity index (χ2n) is 5.42. The molecule has 6 heteroatoms. The first-order valence-corrected chi connectivity index (χ1v) is 8.02. The number of halogens is 2. The highest BCUT2D eigenvalue weighted by atomic mass is 79.9. The molecular formula is C15H17BrClNO3. The van der Waals surface area contributed by atoms with Crippen molar-refractivity contribution >= 4 is 39.4 Å². The minimum atomic E-state index is -0.768. The molecule has 0 saturated carbocycles. The number of rotatable bonds is 3. The van der Waals surface area contributed by atoms with Crippen molar-refractivity contribution in [1.82, 2.24) is 4.90 Å². The number of piperidine rings is 1. The molecule has 1 aromatic rings. The van der Waals surface area contributed by atoms with Crippen LogP contribution in [0.5, 0.6) is 0 Å². The molecular weight excluding hydrogens is 358 g/mol. The second kappa shape index (κ2) is 6.79. The van der Waals surface area contributed by atoms with Crippen molar-refractivity contribution in [2.24, 2.45) is 5.92 Å². The van der Waals surface area contributed by atoms with E-state index in [2.05, 4.69) is 15.9 Å². The Kier molecular flexibility index (Phi) is 5.27. The summed E-state index contributed by atoms with van der Waals surface area (Å²) in [5.41, 5.74) is 1.50. The van der Waals surface area contributed by atoms with E-state index >= 15 is 0 Å². The number of benzene rings is 1. The molecule has 0 unspecified atom stereocenters. The van der Waals surface area contributed by atoms with Crippen LogP contribution in [0, 0.1) is 12.8 Å². The van der Waals surface area contributed by atoms with Gasteiger partial charge in [0, 0.05) is 29.5 Å². The van der Waals surface area contributed by atoms with Gasteiger partial charge < -0.3 is 10.0 Å². The summed E-state index contributed by atoms with van der Waals surface area (Å²) < 4.78 is 0.806.